The standard InChI is InChI=1S/C17H20N4O5/c1-10-18-19-16(26-10)8-20(2)12-6-21(7-13(12)22)17(23)11-3-4-14-15(5-11)25-9-24-14/h3-5,12-13,22H,6-9H2,1-2H3/t12-,13+/m0/s1. The maximum Gasteiger partial charge on any atom is 0.254 e. The Hall–Kier alpha value is -2.65. The number of benzene rings is 1. The van der Waals surface area contributed by atoms with E-state index >= 15 is 0 Å². The molecule has 1 fully saturated rings. The number of β-amino-alcohol motifs (C(OH)–C–C–N with tert-alkyl or cyclic N) is 1. The molecule has 1 N–H and O–H groups in total. The van der Waals surface area contributed by atoms with Crippen LogP contribution in [0.2, 0.25) is 0 Å². The number of likely N-dealkylation sites (N-methyl/N-ethyl adjacent to an activating group) is 1. The summed E-state index contributed by atoms with van der Waals surface area (Å²) >= 11 is 0. The van der Waals surface area contributed by atoms with Gasteiger partial charge in [-0.1, -0.05) is 0 Å². The van der Waals surface area contributed by atoms with Crippen molar-refractivity contribution in [2.45, 2.75) is 25.6 Å². The Morgan fingerprint density at radius 2 is 2.12 bits per heavy atom. The number of aliphatic hydroxyl groups is 1. The third-order valence-corrected chi connectivity index (χ3v) is 4.68. The number of aliphatic hydroxyl groups excluding tert-OH is 1. The van der Waals surface area contributed by atoms with Crippen molar-refractivity contribution < 1.29 is 23.8 Å². The van der Waals surface area contributed by atoms with Crippen molar-refractivity contribution in [1.29, 1.82) is 0 Å². The van der Waals surface area contributed by atoms with E-state index in [1.165, 1.54) is 0 Å². The summed E-state index contributed by atoms with van der Waals surface area (Å²) in [6.45, 7) is 2.99. The first-order valence-corrected chi connectivity index (χ1v) is 8.37. The van der Waals surface area contributed by atoms with Crippen molar-refractivity contribution in [2.24, 2.45) is 0 Å². The molecule has 0 saturated carbocycles. The molecule has 0 spiro atoms. The van der Waals surface area contributed by atoms with Gasteiger partial charge >= 0.3 is 0 Å². The predicted octanol–water partition coefficient (Wildman–Crippen LogP) is 0.424. The number of nitrogens with zero attached hydrogens (tertiary/aromatic N) is 4. The molecular weight excluding hydrogens is 340 g/mol. The zero-order chi connectivity index (χ0) is 18.3. The summed E-state index contributed by atoms with van der Waals surface area (Å²) in [5.74, 6) is 2.04. The number of carbonyl (C=O) groups is 1. The largest absolute Gasteiger partial charge is 0.454 e. The topological polar surface area (TPSA) is 101 Å². The Labute approximate surface area is 150 Å². The van der Waals surface area contributed by atoms with E-state index in [4.69, 9.17) is 13.9 Å². The number of aryl methyl sites for hydroxylation is 1. The molecule has 1 amide bonds. The molecule has 138 valence electrons. The average molecular weight is 360 g/mol. The molecule has 1 aromatic heterocycles. The molecule has 1 aromatic carbocycles. The van der Waals surface area contributed by atoms with Gasteiger partial charge in [-0.2, -0.15) is 0 Å². The number of rotatable bonds is 4. The SMILES string of the molecule is Cc1nnc(CN(C)[C@H]2CN(C(=O)c3ccc4c(c3)OCO4)C[C@H]2O)o1. The summed E-state index contributed by atoms with van der Waals surface area (Å²) in [4.78, 5) is 16.3. The summed E-state index contributed by atoms with van der Waals surface area (Å²) in [5, 5.41) is 18.2. The third kappa shape index (κ3) is 3.11. The molecule has 26 heavy (non-hydrogen) atoms. The van der Waals surface area contributed by atoms with Crippen molar-refractivity contribution in [3.63, 3.8) is 0 Å². The van der Waals surface area contributed by atoms with E-state index < -0.39 is 6.10 Å². The minimum absolute atomic E-state index is 0.146. The van der Waals surface area contributed by atoms with E-state index in [0.717, 1.165) is 0 Å². The monoisotopic (exact) mass is 360 g/mol. The van der Waals surface area contributed by atoms with Gasteiger partial charge in [0.15, 0.2) is 11.5 Å². The van der Waals surface area contributed by atoms with Crippen LogP contribution in [0.4, 0.5) is 0 Å². The van der Waals surface area contributed by atoms with Crippen LogP contribution in [0, 0.1) is 6.92 Å². The van der Waals surface area contributed by atoms with E-state index in [1.54, 1.807) is 30.0 Å². The van der Waals surface area contributed by atoms with Gasteiger partial charge < -0.3 is 23.9 Å². The zero-order valence-corrected chi connectivity index (χ0v) is 14.6. The third-order valence-electron chi connectivity index (χ3n) is 4.68. The van der Waals surface area contributed by atoms with Gasteiger partial charge in [0.1, 0.15) is 0 Å². The second-order valence-corrected chi connectivity index (χ2v) is 6.54. The number of likely N-dealkylation sites (tertiary alicyclic amines) is 1. The Bertz CT molecular complexity index is 823. The summed E-state index contributed by atoms with van der Waals surface area (Å²) in [6.07, 6.45) is -0.651. The molecule has 2 aliphatic rings. The first-order valence-electron chi connectivity index (χ1n) is 8.37. The van der Waals surface area contributed by atoms with Crippen LogP contribution in [0.3, 0.4) is 0 Å². The van der Waals surface area contributed by atoms with Gasteiger partial charge in [-0.25, -0.2) is 0 Å². The van der Waals surface area contributed by atoms with Gasteiger partial charge in [0.2, 0.25) is 18.6 Å². The van der Waals surface area contributed by atoms with Gasteiger partial charge in [0, 0.05) is 25.6 Å². The number of hydrogen-bond donors (Lipinski definition) is 1. The minimum atomic E-state index is -0.651. The lowest BCUT2D eigenvalue weighted by Crippen LogP contribution is -2.40. The quantitative estimate of drug-likeness (QED) is 0.837. The maximum absolute atomic E-state index is 12.8. The molecule has 0 radical (unpaired) electrons. The fraction of sp³-hybridized carbons (Fsp3) is 0.471. The number of fused-ring (bicyclic) bond motifs is 1. The van der Waals surface area contributed by atoms with E-state index in [9.17, 15) is 9.90 Å². The Kier molecular flexibility index (Phi) is 4.25. The van der Waals surface area contributed by atoms with Gasteiger partial charge in [-0.05, 0) is 25.2 Å². The summed E-state index contributed by atoms with van der Waals surface area (Å²) in [7, 11) is 1.86. The number of carbonyl (C=O) groups excluding carboxylic acids is 1. The number of hydrogen-bond acceptors (Lipinski definition) is 8. The summed E-state index contributed by atoms with van der Waals surface area (Å²) in [6, 6.07) is 4.90. The highest BCUT2D eigenvalue weighted by atomic mass is 16.7. The van der Waals surface area contributed by atoms with E-state index in [2.05, 4.69) is 10.2 Å². The van der Waals surface area contributed by atoms with E-state index in [-0.39, 0.29) is 25.3 Å². The van der Waals surface area contributed by atoms with Crippen LogP contribution in [0.5, 0.6) is 11.5 Å². The molecule has 2 atom stereocenters. The number of ether oxygens (including phenoxy) is 2. The number of amides is 1. The van der Waals surface area contributed by atoms with E-state index in [1.807, 2.05) is 11.9 Å². The van der Waals surface area contributed by atoms with Gasteiger partial charge in [-0.3, -0.25) is 9.69 Å². The highest BCUT2D eigenvalue weighted by Gasteiger charge is 2.37. The van der Waals surface area contributed by atoms with Gasteiger partial charge in [-0.15, -0.1) is 10.2 Å². The zero-order valence-electron chi connectivity index (χ0n) is 14.6. The molecule has 4 rings (SSSR count). The van der Waals surface area contributed by atoms with Crippen LogP contribution in [0.25, 0.3) is 0 Å². The lowest BCUT2D eigenvalue weighted by Gasteiger charge is -2.24. The van der Waals surface area contributed by atoms with Crippen molar-refractivity contribution in [2.75, 3.05) is 26.9 Å². The van der Waals surface area contributed by atoms with Crippen molar-refractivity contribution in [1.82, 2.24) is 20.0 Å². The van der Waals surface area contributed by atoms with Crippen molar-refractivity contribution in [3.8, 4) is 11.5 Å². The Morgan fingerprint density at radius 3 is 2.88 bits per heavy atom. The fourth-order valence-electron chi connectivity index (χ4n) is 3.31. The maximum atomic E-state index is 12.8. The second kappa shape index (κ2) is 6.58. The second-order valence-electron chi connectivity index (χ2n) is 6.54. The molecular formula is C17H20N4O5. The molecule has 0 bridgehead atoms. The van der Waals surface area contributed by atoms with Crippen LogP contribution in [-0.4, -0.2) is 70.1 Å². The first kappa shape index (κ1) is 16.8. The van der Waals surface area contributed by atoms with E-state index in [0.29, 0.717) is 41.9 Å². The van der Waals surface area contributed by atoms with Crippen molar-refractivity contribution in [3.05, 3.63) is 35.5 Å². The van der Waals surface area contributed by atoms with Gasteiger partial charge in [0.05, 0.1) is 18.7 Å². The van der Waals surface area contributed by atoms with Gasteiger partial charge in [0.25, 0.3) is 5.91 Å². The average Bonchev–Trinajstić information content (AvgIpc) is 3.33. The lowest BCUT2D eigenvalue weighted by atomic mass is 10.2. The fourth-order valence-corrected chi connectivity index (χ4v) is 3.31. The Morgan fingerprint density at radius 1 is 1.31 bits per heavy atom. The lowest BCUT2D eigenvalue weighted by molar-refractivity contribution is 0.0761. The predicted molar refractivity (Wildman–Crippen MR) is 88.8 cm³/mol. The molecule has 2 aromatic rings. The van der Waals surface area contributed by atoms with Crippen LogP contribution in [0.1, 0.15) is 22.1 Å². The van der Waals surface area contributed by atoms with Crippen molar-refractivity contribution >= 4 is 5.91 Å². The van der Waals surface area contributed by atoms with Crippen LogP contribution >= 0.6 is 0 Å². The summed E-state index contributed by atoms with van der Waals surface area (Å²) in [5.41, 5.74) is 0.511. The van der Waals surface area contributed by atoms with Crippen LogP contribution in [0.15, 0.2) is 22.6 Å². The summed E-state index contributed by atoms with van der Waals surface area (Å²) < 4.78 is 16.0. The van der Waals surface area contributed by atoms with Crippen LogP contribution in [-0.2, 0) is 6.54 Å². The Balaban J connectivity index is 1.43. The van der Waals surface area contributed by atoms with Crippen LogP contribution < -0.4 is 9.47 Å². The molecule has 0 unspecified atom stereocenters. The molecule has 9 nitrogen and oxygen atoms in total. The molecule has 9 heteroatoms. The molecule has 3 heterocycles. The molecule has 0 aliphatic carbocycles. The smallest absolute Gasteiger partial charge is 0.254 e. The minimum Gasteiger partial charge on any atom is -0.454 e. The molecule has 2 aliphatic heterocycles. The highest BCUT2D eigenvalue weighted by Crippen LogP contribution is 2.33. The normalized spacial score (nSPS) is 21.6. The highest BCUT2D eigenvalue weighted by molar-refractivity contribution is 5.95. The number of aromatic nitrogens is 2. The first-order chi connectivity index (χ1) is 12.5. The molecule has 1 saturated heterocycles.